The van der Waals surface area contributed by atoms with E-state index in [1.54, 1.807) is 7.11 Å². The number of aromatic nitrogens is 1. The first-order valence-electron chi connectivity index (χ1n) is 7.13. The Morgan fingerprint density at radius 1 is 1.35 bits per heavy atom. The maximum Gasteiger partial charge on any atom is 0.119 e. The largest absolute Gasteiger partial charge is 0.497 e. The molecule has 0 radical (unpaired) electrons. The van der Waals surface area contributed by atoms with E-state index in [0.717, 1.165) is 24.2 Å². The topological polar surface area (TPSA) is 48.1 Å². The van der Waals surface area contributed by atoms with Crippen molar-refractivity contribution in [1.82, 2.24) is 4.98 Å². The Labute approximate surface area is 123 Å². The Hall–Kier alpha value is -1.39. The van der Waals surface area contributed by atoms with Crippen molar-refractivity contribution in [3.05, 3.63) is 45.4 Å². The summed E-state index contributed by atoms with van der Waals surface area (Å²) in [4.78, 5) is 6.24. The zero-order valence-electron chi connectivity index (χ0n) is 11.8. The molecule has 0 saturated heterocycles. The van der Waals surface area contributed by atoms with E-state index in [2.05, 4.69) is 6.07 Å². The highest BCUT2D eigenvalue weighted by Gasteiger charge is 2.17. The summed E-state index contributed by atoms with van der Waals surface area (Å²) in [7, 11) is 1.68. The average Bonchev–Trinajstić information content (AvgIpc) is 2.89. The lowest BCUT2D eigenvalue weighted by molar-refractivity contribution is 0.414. The van der Waals surface area contributed by atoms with Crippen LogP contribution in [0.2, 0.25) is 0 Å². The zero-order chi connectivity index (χ0) is 13.9. The molecule has 1 aliphatic rings. The number of hydrogen-bond donors (Lipinski definition) is 1. The van der Waals surface area contributed by atoms with Crippen LogP contribution in [0.1, 0.15) is 40.0 Å². The standard InChI is InChI=1S/C16H20N2OS/c1-19-12-6-4-5-11(9-12)13(17)10-16-18-14-7-2-3-8-15(14)20-16/h4-6,9,13H,2-3,7-8,10,17H2,1H3. The van der Waals surface area contributed by atoms with E-state index in [-0.39, 0.29) is 6.04 Å². The van der Waals surface area contributed by atoms with Gasteiger partial charge in [0.15, 0.2) is 0 Å². The summed E-state index contributed by atoms with van der Waals surface area (Å²) in [6, 6.07) is 7.98. The predicted molar refractivity (Wildman–Crippen MR) is 82.4 cm³/mol. The number of thiazole rings is 1. The van der Waals surface area contributed by atoms with Crippen LogP contribution in [0.25, 0.3) is 0 Å². The third-order valence-corrected chi connectivity index (χ3v) is 4.99. The number of aryl methyl sites for hydroxylation is 2. The Kier molecular flexibility index (Phi) is 4.03. The SMILES string of the molecule is COc1cccc(C(N)Cc2nc3c(s2)CCCC3)c1. The van der Waals surface area contributed by atoms with Crippen molar-refractivity contribution in [2.24, 2.45) is 5.73 Å². The fraction of sp³-hybridized carbons (Fsp3) is 0.438. The molecule has 2 N–H and O–H groups in total. The second-order valence-corrected chi connectivity index (χ2v) is 6.44. The van der Waals surface area contributed by atoms with Crippen molar-refractivity contribution in [3.63, 3.8) is 0 Å². The molecule has 1 aromatic carbocycles. The van der Waals surface area contributed by atoms with Crippen molar-refractivity contribution < 1.29 is 4.74 Å². The quantitative estimate of drug-likeness (QED) is 0.939. The van der Waals surface area contributed by atoms with Crippen LogP contribution in [0.4, 0.5) is 0 Å². The maximum atomic E-state index is 6.32. The molecule has 20 heavy (non-hydrogen) atoms. The number of nitrogens with two attached hydrogens (primary N) is 1. The lowest BCUT2D eigenvalue weighted by atomic mass is 10.0. The first-order valence-corrected chi connectivity index (χ1v) is 7.95. The molecule has 1 unspecified atom stereocenters. The zero-order valence-corrected chi connectivity index (χ0v) is 12.6. The smallest absolute Gasteiger partial charge is 0.119 e. The Balaban J connectivity index is 1.74. The molecule has 1 heterocycles. The van der Waals surface area contributed by atoms with Gasteiger partial charge < -0.3 is 10.5 Å². The molecule has 1 atom stereocenters. The molecule has 0 aliphatic heterocycles. The van der Waals surface area contributed by atoms with Gasteiger partial charge >= 0.3 is 0 Å². The summed E-state index contributed by atoms with van der Waals surface area (Å²) in [6.07, 6.45) is 5.72. The number of rotatable bonds is 4. The van der Waals surface area contributed by atoms with Crippen molar-refractivity contribution in [2.75, 3.05) is 7.11 Å². The highest BCUT2D eigenvalue weighted by atomic mass is 32.1. The minimum absolute atomic E-state index is 0.0160. The summed E-state index contributed by atoms with van der Waals surface area (Å²) in [5, 5.41) is 1.17. The fourth-order valence-electron chi connectivity index (χ4n) is 2.67. The van der Waals surface area contributed by atoms with Gasteiger partial charge in [-0.2, -0.15) is 0 Å². The second-order valence-electron chi connectivity index (χ2n) is 5.27. The van der Waals surface area contributed by atoms with Crippen LogP contribution in [-0.2, 0) is 19.3 Å². The number of hydrogen-bond acceptors (Lipinski definition) is 4. The van der Waals surface area contributed by atoms with Crippen LogP contribution in [0, 0.1) is 0 Å². The summed E-state index contributed by atoms with van der Waals surface area (Å²) in [5.74, 6) is 0.858. The highest BCUT2D eigenvalue weighted by Crippen LogP contribution is 2.29. The lowest BCUT2D eigenvalue weighted by Gasteiger charge is -2.11. The molecule has 3 rings (SSSR count). The number of methoxy groups -OCH3 is 1. The molecule has 4 heteroatoms. The highest BCUT2D eigenvalue weighted by molar-refractivity contribution is 7.11. The van der Waals surface area contributed by atoms with Gasteiger partial charge in [-0.05, 0) is 43.4 Å². The van der Waals surface area contributed by atoms with Gasteiger partial charge in [0, 0.05) is 17.3 Å². The lowest BCUT2D eigenvalue weighted by Crippen LogP contribution is -2.13. The van der Waals surface area contributed by atoms with Crippen LogP contribution in [0.5, 0.6) is 5.75 Å². The van der Waals surface area contributed by atoms with Gasteiger partial charge in [-0.25, -0.2) is 4.98 Å². The van der Waals surface area contributed by atoms with Gasteiger partial charge in [0.2, 0.25) is 0 Å². The number of ether oxygens (including phenoxy) is 1. The minimum atomic E-state index is -0.0160. The molecule has 0 bridgehead atoms. The first-order chi connectivity index (χ1) is 9.76. The van der Waals surface area contributed by atoms with Crippen LogP contribution < -0.4 is 10.5 Å². The molecule has 0 fully saturated rings. The summed E-state index contributed by atoms with van der Waals surface area (Å²) in [5.41, 5.74) is 8.74. The summed E-state index contributed by atoms with van der Waals surface area (Å²) < 4.78 is 5.25. The number of fused-ring (bicyclic) bond motifs is 1. The van der Waals surface area contributed by atoms with Crippen LogP contribution in [0.3, 0.4) is 0 Å². The van der Waals surface area contributed by atoms with Crippen molar-refractivity contribution in [1.29, 1.82) is 0 Å². The monoisotopic (exact) mass is 288 g/mol. The van der Waals surface area contributed by atoms with Gasteiger partial charge in [-0.15, -0.1) is 11.3 Å². The molecule has 2 aromatic rings. The molecular weight excluding hydrogens is 268 g/mol. The average molecular weight is 288 g/mol. The minimum Gasteiger partial charge on any atom is -0.497 e. The molecule has 3 nitrogen and oxygen atoms in total. The van der Waals surface area contributed by atoms with Crippen molar-refractivity contribution in [2.45, 2.75) is 38.1 Å². The van der Waals surface area contributed by atoms with Crippen molar-refractivity contribution in [3.8, 4) is 5.75 Å². The molecule has 0 spiro atoms. The molecule has 1 aliphatic carbocycles. The predicted octanol–water partition coefficient (Wildman–Crippen LogP) is 3.27. The van der Waals surface area contributed by atoms with Gasteiger partial charge in [0.25, 0.3) is 0 Å². The van der Waals surface area contributed by atoms with Crippen LogP contribution in [0.15, 0.2) is 24.3 Å². The number of benzene rings is 1. The van der Waals surface area contributed by atoms with E-state index in [0.29, 0.717) is 0 Å². The van der Waals surface area contributed by atoms with E-state index >= 15 is 0 Å². The van der Waals surface area contributed by atoms with E-state index in [9.17, 15) is 0 Å². The first kappa shape index (κ1) is 13.6. The van der Waals surface area contributed by atoms with Crippen LogP contribution >= 0.6 is 11.3 Å². The van der Waals surface area contributed by atoms with E-state index in [1.807, 2.05) is 29.5 Å². The van der Waals surface area contributed by atoms with E-state index < -0.39 is 0 Å². The molecule has 106 valence electrons. The second kappa shape index (κ2) is 5.94. The van der Waals surface area contributed by atoms with Gasteiger partial charge in [0.05, 0.1) is 17.8 Å². The molecule has 0 saturated carbocycles. The van der Waals surface area contributed by atoms with E-state index in [4.69, 9.17) is 15.5 Å². The molecular formula is C16H20N2OS. The molecule has 0 amide bonds. The van der Waals surface area contributed by atoms with E-state index in [1.165, 1.54) is 34.8 Å². The van der Waals surface area contributed by atoms with Gasteiger partial charge in [0.1, 0.15) is 5.75 Å². The third-order valence-electron chi connectivity index (χ3n) is 3.81. The molecule has 1 aromatic heterocycles. The normalized spacial score (nSPS) is 15.7. The summed E-state index contributed by atoms with van der Waals surface area (Å²) >= 11 is 1.85. The number of nitrogens with zero attached hydrogens (tertiary/aromatic N) is 1. The summed E-state index contributed by atoms with van der Waals surface area (Å²) in [6.45, 7) is 0. The Morgan fingerprint density at radius 3 is 3.00 bits per heavy atom. The van der Waals surface area contributed by atoms with Gasteiger partial charge in [-0.1, -0.05) is 12.1 Å². The maximum absolute atomic E-state index is 6.32. The van der Waals surface area contributed by atoms with Crippen LogP contribution in [-0.4, -0.2) is 12.1 Å². The fourth-order valence-corrected chi connectivity index (χ4v) is 3.89. The Morgan fingerprint density at radius 2 is 2.20 bits per heavy atom. The van der Waals surface area contributed by atoms with Crippen molar-refractivity contribution >= 4 is 11.3 Å². The van der Waals surface area contributed by atoms with Gasteiger partial charge in [-0.3, -0.25) is 0 Å². The Bertz CT molecular complexity index is 570. The third kappa shape index (κ3) is 2.86.